The number of hydrogen-bond donors (Lipinski definition) is 1. The number of aryl methyl sites for hydroxylation is 2. The van der Waals surface area contributed by atoms with Crippen LogP contribution >= 0.6 is 0 Å². The lowest BCUT2D eigenvalue weighted by Gasteiger charge is -2.13. The van der Waals surface area contributed by atoms with Crippen molar-refractivity contribution in [3.63, 3.8) is 0 Å². The predicted octanol–water partition coefficient (Wildman–Crippen LogP) is 4.70. The molecular formula is C22H19F3N2O2. The van der Waals surface area contributed by atoms with E-state index in [-0.39, 0.29) is 23.5 Å². The molecule has 0 radical (unpaired) electrons. The van der Waals surface area contributed by atoms with Crippen LogP contribution < -0.4 is 5.32 Å². The van der Waals surface area contributed by atoms with Crippen LogP contribution in [0.3, 0.4) is 0 Å². The number of carbonyl (C=O) groups is 2. The van der Waals surface area contributed by atoms with E-state index in [1.807, 2.05) is 26.0 Å². The third-order valence-electron chi connectivity index (χ3n) is 4.59. The van der Waals surface area contributed by atoms with Gasteiger partial charge in [-0.3, -0.25) is 14.5 Å². The summed E-state index contributed by atoms with van der Waals surface area (Å²) in [6, 6.07) is 9.91. The summed E-state index contributed by atoms with van der Waals surface area (Å²) in [5.74, 6) is -1.13. The summed E-state index contributed by atoms with van der Waals surface area (Å²) >= 11 is 0. The first-order valence-electron chi connectivity index (χ1n) is 8.86. The van der Waals surface area contributed by atoms with Gasteiger partial charge in [0.2, 0.25) is 0 Å². The fourth-order valence-corrected chi connectivity index (χ4v) is 3.25. The van der Waals surface area contributed by atoms with Crippen molar-refractivity contribution in [3.8, 4) is 0 Å². The average Bonchev–Trinajstić information content (AvgIpc) is 2.86. The molecular weight excluding hydrogens is 381 g/mol. The molecule has 1 aliphatic heterocycles. The van der Waals surface area contributed by atoms with E-state index in [0.29, 0.717) is 5.56 Å². The highest BCUT2D eigenvalue weighted by molar-refractivity contribution is 6.36. The Morgan fingerprint density at radius 1 is 1.07 bits per heavy atom. The SMILES string of the molecule is C=CCN1C(=O)C(Nc2cccc(C(F)(F)F)c2)=C(c2ccc(C)cc2C)C1=O. The Hall–Kier alpha value is -3.35. The molecule has 1 heterocycles. The van der Waals surface area contributed by atoms with Crippen molar-refractivity contribution >= 4 is 23.1 Å². The van der Waals surface area contributed by atoms with Gasteiger partial charge < -0.3 is 5.32 Å². The number of anilines is 1. The summed E-state index contributed by atoms with van der Waals surface area (Å²) in [6.07, 6.45) is -3.10. The van der Waals surface area contributed by atoms with Crippen molar-refractivity contribution in [2.75, 3.05) is 11.9 Å². The maximum atomic E-state index is 13.0. The van der Waals surface area contributed by atoms with E-state index in [2.05, 4.69) is 11.9 Å². The van der Waals surface area contributed by atoms with Gasteiger partial charge in [-0.2, -0.15) is 13.2 Å². The second-order valence-corrected chi connectivity index (χ2v) is 6.78. The molecule has 0 aliphatic carbocycles. The number of rotatable bonds is 5. The van der Waals surface area contributed by atoms with Crippen LogP contribution in [0.15, 0.2) is 60.8 Å². The first-order chi connectivity index (χ1) is 13.6. The van der Waals surface area contributed by atoms with E-state index in [0.717, 1.165) is 28.2 Å². The third kappa shape index (κ3) is 3.94. The van der Waals surface area contributed by atoms with Crippen molar-refractivity contribution in [1.82, 2.24) is 4.90 Å². The minimum Gasteiger partial charge on any atom is -0.350 e. The molecule has 4 nitrogen and oxygen atoms in total. The molecule has 0 fully saturated rings. The molecule has 2 amide bonds. The molecule has 0 saturated carbocycles. The summed E-state index contributed by atoms with van der Waals surface area (Å²) < 4.78 is 39.1. The van der Waals surface area contributed by atoms with Crippen LogP contribution in [0.2, 0.25) is 0 Å². The van der Waals surface area contributed by atoms with Crippen LogP contribution in [0.1, 0.15) is 22.3 Å². The van der Waals surface area contributed by atoms with Gasteiger partial charge >= 0.3 is 6.18 Å². The van der Waals surface area contributed by atoms with E-state index in [9.17, 15) is 22.8 Å². The summed E-state index contributed by atoms with van der Waals surface area (Å²) in [5, 5.41) is 2.75. The molecule has 1 N–H and O–H groups in total. The highest BCUT2D eigenvalue weighted by Crippen LogP contribution is 2.34. The lowest BCUT2D eigenvalue weighted by molar-refractivity contribution is -0.138. The van der Waals surface area contributed by atoms with E-state index in [1.54, 1.807) is 6.07 Å². The number of nitrogens with one attached hydrogen (secondary N) is 1. The minimum atomic E-state index is -4.52. The third-order valence-corrected chi connectivity index (χ3v) is 4.59. The van der Waals surface area contributed by atoms with Gasteiger partial charge in [-0.05, 0) is 43.2 Å². The van der Waals surface area contributed by atoms with Crippen molar-refractivity contribution in [3.05, 3.63) is 83.1 Å². The monoisotopic (exact) mass is 400 g/mol. The zero-order valence-electron chi connectivity index (χ0n) is 15.9. The topological polar surface area (TPSA) is 49.4 Å². The molecule has 1 aliphatic rings. The van der Waals surface area contributed by atoms with Gasteiger partial charge in [0.25, 0.3) is 11.8 Å². The number of halogens is 3. The van der Waals surface area contributed by atoms with E-state index in [4.69, 9.17) is 0 Å². The largest absolute Gasteiger partial charge is 0.416 e. The highest BCUT2D eigenvalue weighted by Gasteiger charge is 2.39. The standard InChI is InChI=1S/C22H19F3N2O2/c1-4-10-27-20(28)18(17-9-8-13(2)11-14(17)3)19(21(27)29)26-16-7-5-6-15(12-16)22(23,24)25/h4-9,11-12,26H,1,10H2,2-3H3. The molecule has 0 bridgehead atoms. The number of benzene rings is 2. The first kappa shape index (κ1) is 20.4. The van der Waals surface area contributed by atoms with Crippen LogP contribution in [0.25, 0.3) is 5.57 Å². The van der Waals surface area contributed by atoms with Gasteiger partial charge in [-0.25, -0.2) is 0 Å². The normalized spacial score (nSPS) is 14.6. The van der Waals surface area contributed by atoms with Crippen LogP contribution in [-0.2, 0) is 15.8 Å². The smallest absolute Gasteiger partial charge is 0.350 e. The Bertz CT molecular complexity index is 1040. The van der Waals surface area contributed by atoms with Gasteiger partial charge in [0.1, 0.15) is 5.70 Å². The van der Waals surface area contributed by atoms with Crippen LogP contribution in [0, 0.1) is 13.8 Å². The number of carbonyl (C=O) groups excluding carboxylic acids is 2. The summed E-state index contributed by atoms with van der Waals surface area (Å²) in [7, 11) is 0. The molecule has 29 heavy (non-hydrogen) atoms. The zero-order chi connectivity index (χ0) is 21.3. The second kappa shape index (κ2) is 7.58. The zero-order valence-corrected chi connectivity index (χ0v) is 15.9. The van der Waals surface area contributed by atoms with Gasteiger partial charge in [-0.15, -0.1) is 6.58 Å². The Kier molecular flexibility index (Phi) is 5.33. The molecule has 2 aromatic rings. The first-order valence-corrected chi connectivity index (χ1v) is 8.86. The van der Waals surface area contributed by atoms with Gasteiger partial charge in [0.05, 0.1) is 11.1 Å². The van der Waals surface area contributed by atoms with Gasteiger partial charge in [0.15, 0.2) is 0 Å². The number of nitrogens with zero attached hydrogens (tertiary/aromatic N) is 1. The Morgan fingerprint density at radius 3 is 2.41 bits per heavy atom. The number of hydrogen-bond acceptors (Lipinski definition) is 3. The molecule has 2 aromatic carbocycles. The number of amides is 2. The summed E-state index contributed by atoms with van der Waals surface area (Å²) in [4.78, 5) is 26.8. The molecule has 0 unspecified atom stereocenters. The Balaban J connectivity index is 2.12. The quantitative estimate of drug-likeness (QED) is 0.585. The molecule has 0 atom stereocenters. The average molecular weight is 400 g/mol. The molecule has 3 rings (SSSR count). The van der Waals surface area contributed by atoms with Crippen LogP contribution in [0.5, 0.6) is 0 Å². The van der Waals surface area contributed by atoms with Crippen LogP contribution in [0.4, 0.5) is 18.9 Å². The van der Waals surface area contributed by atoms with E-state index < -0.39 is 23.6 Å². The summed E-state index contributed by atoms with van der Waals surface area (Å²) in [6.45, 7) is 7.27. The molecule has 0 spiro atoms. The van der Waals surface area contributed by atoms with Crippen molar-refractivity contribution in [2.24, 2.45) is 0 Å². The highest BCUT2D eigenvalue weighted by atomic mass is 19.4. The molecule has 0 aromatic heterocycles. The maximum absolute atomic E-state index is 13.0. The van der Waals surface area contributed by atoms with Gasteiger partial charge in [-0.1, -0.05) is 35.9 Å². The molecule has 150 valence electrons. The van der Waals surface area contributed by atoms with Crippen molar-refractivity contribution in [1.29, 1.82) is 0 Å². The Labute approximate surface area is 166 Å². The summed E-state index contributed by atoms with van der Waals surface area (Å²) in [5.41, 5.74) is 1.61. The Morgan fingerprint density at radius 2 is 1.79 bits per heavy atom. The number of alkyl halides is 3. The van der Waals surface area contributed by atoms with E-state index >= 15 is 0 Å². The maximum Gasteiger partial charge on any atom is 0.416 e. The van der Waals surface area contributed by atoms with Crippen molar-refractivity contribution < 1.29 is 22.8 Å². The second-order valence-electron chi connectivity index (χ2n) is 6.78. The number of imide groups is 1. The lowest BCUT2D eigenvalue weighted by atomic mass is 9.97. The minimum absolute atomic E-state index is 0.000152. The van der Waals surface area contributed by atoms with Crippen molar-refractivity contribution in [2.45, 2.75) is 20.0 Å². The van der Waals surface area contributed by atoms with Crippen LogP contribution in [-0.4, -0.2) is 23.3 Å². The fourth-order valence-electron chi connectivity index (χ4n) is 3.25. The van der Waals surface area contributed by atoms with Gasteiger partial charge in [0, 0.05) is 12.2 Å². The molecule has 7 heteroatoms. The fraction of sp³-hybridized carbons (Fsp3) is 0.182. The predicted molar refractivity (Wildman–Crippen MR) is 105 cm³/mol. The lowest BCUT2D eigenvalue weighted by Crippen LogP contribution is -2.32. The van der Waals surface area contributed by atoms with E-state index in [1.165, 1.54) is 18.2 Å². The molecule has 0 saturated heterocycles.